The monoisotopic (exact) mass is 664 g/mol. The summed E-state index contributed by atoms with van der Waals surface area (Å²) in [5, 5.41) is 57.2. The molecule has 3 unspecified atom stereocenters. The van der Waals surface area contributed by atoms with E-state index >= 15 is 0 Å². The summed E-state index contributed by atoms with van der Waals surface area (Å²) in [6.45, 7) is 13.3. The Hall–Kier alpha value is -3.28. The maximum atomic E-state index is 10.9. The van der Waals surface area contributed by atoms with E-state index in [1.54, 1.807) is 12.2 Å². The third-order valence-electron chi connectivity index (χ3n) is 5.72. The van der Waals surface area contributed by atoms with Crippen LogP contribution in [-0.2, 0) is 38.1 Å². The van der Waals surface area contributed by atoms with Crippen molar-refractivity contribution in [1.82, 2.24) is 0 Å². The summed E-state index contributed by atoms with van der Waals surface area (Å²) in [5.41, 5.74) is -0.300. The van der Waals surface area contributed by atoms with Crippen molar-refractivity contribution in [2.45, 2.75) is 39.2 Å². The van der Waals surface area contributed by atoms with Crippen molar-refractivity contribution in [1.29, 1.82) is 0 Å². The second-order valence-corrected chi connectivity index (χ2v) is 9.62. The average molecular weight is 665 g/mol. The normalized spacial score (nSPS) is 16.8. The van der Waals surface area contributed by atoms with E-state index in [1.165, 1.54) is 6.92 Å². The van der Waals surface area contributed by atoms with E-state index in [-0.39, 0.29) is 55.6 Å². The fourth-order valence-electron chi connectivity index (χ4n) is 3.13. The average Bonchev–Trinajstić information content (AvgIpc) is 3.34. The summed E-state index contributed by atoms with van der Waals surface area (Å²) in [6, 6.07) is 0. The second kappa shape index (κ2) is 31.7. The fourth-order valence-corrected chi connectivity index (χ4v) is 3.13. The van der Waals surface area contributed by atoms with Crippen molar-refractivity contribution in [2.24, 2.45) is 17.3 Å². The number of allylic oxidation sites excluding steroid dienone is 2. The van der Waals surface area contributed by atoms with Gasteiger partial charge < -0.3 is 54.7 Å². The number of fused-ring (bicyclic) bond motifs is 1. The van der Waals surface area contributed by atoms with Crippen molar-refractivity contribution in [2.75, 3.05) is 66.1 Å². The molecule has 0 saturated carbocycles. The highest BCUT2D eigenvalue weighted by Crippen LogP contribution is 2.32. The molecule has 7 N–H and O–H groups in total. The molecular weight excluding hydrogens is 612 g/mol. The number of carbonyl (C=O) groups is 4. The van der Waals surface area contributed by atoms with E-state index in [1.807, 2.05) is 19.1 Å². The molecule has 15 nitrogen and oxygen atoms in total. The summed E-state index contributed by atoms with van der Waals surface area (Å²) < 4.78 is 19.9. The maximum absolute atomic E-state index is 10.9. The number of ether oxygens (including phenoxy) is 4. The van der Waals surface area contributed by atoms with Gasteiger partial charge in [0.25, 0.3) is 0 Å². The van der Waals surface area contributed by atoms with Gasteiger partial charge in [-0.1, -0.05) is 31.2 Å². The lowest BCUT2D eigenvalue weighted by molar-refractivity contribution is -0.153. The standard InChI is InChI=1S/C12H22O3.C8H8O3.C4H4O4.C4H10O3.C3H8O2/c1-4-7-14-10-12(6-3,9-13)11-15-8-5-2;9-7-5-3-1-2-4-6(5)8(10)11-7;5-3(6)1-2-4(7)8;5-1-3-7-4-2-6;1-3(5)2-4/h4-5,13H,1-2,6-11H2,3H3;1-2,5-6H,3-4H2;1-2H,(H,5,6)(H,7,8);5-6H,1-4H2;3-5H,2H2,1H3/b;;2-1+;;. The summed E-state index contributed by atoms with van der Waals surface area (Å²) in [6.07, 6.45) is 9.95. The Morgan fingerprint density at radius 2 is 1.28 bits per heavy atom. The molecule has 1 heterocycles. The molecule has 1 fully saturated rings. The number of carboxylic acids is 2. The lowest BCUT2D eigenvalue weighted by Crippen LogP contribution is -2.35. The van der Waals surface area contributed by atoms with E-state index in [0.29, 0.717) is 64.6 Å². The summed E-state index contributed by atoms with van der Waals surface area (Å²) in [5.74, 6) is -3.58. The molecule has 15 heteroatoms. The number of aliphatic hydroxyl groups is 5. The van der Waals surface area contributed by atoms with Gasteiger partial charge >= 0.3 is 23.9 Å². The van der Waals surface area contributed by atoms with Gasteiger partial charge in [0.2, 0.25) is 0 Å². The van der Waals surface area contributed by atoms with Crippen molar-refractivity contribution in [3.05, 3.63) is 49.6 Å². The number of aliphatic carboxylic acids is 2. The predicted molar refractivity (Wildman–Crippen MR) is 166 cm³/mol. The third-order valence-corrected chi connectivity index (χ3v) is 5.72. The topological polar surface area (TPSA) is 247 Å². The highest BCUT2D eigenvalue weighted by Gasteiger charge is 2.43. The molecular formula is C31H52O15. The first-order chi connectivity index (χ1) is 21.8. The van der Waals surface area contributed by atoms with E-state index < -0.39 is 18.0 Å². The number of hydrogen-bond acceptors (Lipinski definition) is 13. The van der Waals surface area contributed by atoms with Crippen LogP contribution in [0.15, 0.2) is 49.6 Å². The van der Waals surface area contributed by atoms with Gasteiger partial charge in [0.1, 0.15) is 0 Å². The molecule has 46 heavy (non-hydrogen) atoms. The molecule has 3 atom stereocenters. The molecule has 0 aromatic carbocycles. The Kier molecular flexibility index (Phi) is 32.5. The zero-order valence-electron chi connectivity index (χ0n) is 26.7. The number of hydrogen-bond donors (Lipinski definition) is 7. The zero-order valence-corrected chi connectivity index (χ0v) is 26.7. The number of esters is 2. The highest BCUT2D eigenvalue weighted by atomic mass is 16.6. The Bertz CT molecular complexity index is 834. The molecule has 1 aliphatic heterocycles. The summed E-state index contributed by atoms with van der Waals surface area (Å²) in [7, 11) is 0. The first-order valence-electron chi connectivity index (χ1n) is 14.5. The van der Waals surface area contributed by atoms with Crippen LogP contribution in [-0.4, -0.2) is 132 Å². The molecule has 1 saturated heterocycles. The minimum absolute atomic E-state index is 0.0278. The number of carbonyl (C=O) groups excluding carboxylic acids is 2. The minimum atomic E-state index is -1.26. The summed E-state index contributed by atoms with van der Waals surface area (Å²) >= 11 is 0. The minimum Gasteiger partial charge on any atom is -0.478 e. The van der Waals surface area contributed by atoms with E-state index in [2.05, 4.69) is 22.6 Å². The van der Waals surface area contributed by atoms with Crippen LogP contribution in [0.5, 0.6) is 0 Å². The number of cyclic esters (lactones) is 2. The number of carboxylic acid groups (broad SMARTS) is 2. The van der Waals surface area contributed by atoms with Gasteiger partial charge in [-0.05, 0) is 26.2 Å². The molecule has 0 aromatic rings. The molecule has 0 bridgehead atoms. The van der Waals surface area contributed by atoms with Gasteiger partial charge in [-0.15, -0.1) is 13.2 Å². The predicted octanol–water partition coefficient (Wildman–Crippen LogP) is 0.491. The first kappa shape index (κ1) is 47.1. The third kappa shape index (κ3) is 27.1. The van der Waals surface area contributed by atoms with E-state index in [9.17, 15) is 24.3 Å². The molecule has 1 aliphatic carbocycles. The van der Waals surface area contributed by atoms with E-state index in [4.69, 9.17) is 40.1 Å². The van der Waals surface area contributed by atoms with Crippen LogP contribution in [0.25, 0.3) is 0 Å². The molecule has 2 rings (SSSR count). The maximum Gasteiger partial charge on any atom is 0.328 e. The van der Waals surface area contributed by atoms with Crippen LogP contribution in [0.1, 0.15) is 33.1 Å². The van der Waals surface area contributed by atoms with Gasteiger partial charge in [0, 0.05) is 17.6 Å². The second-order valence-electron chi connectivity index (χ2n) is 9.62. The van der Waals surface area contributed by atoms with E-state index in [0.717, 1.165) is 6.42 Å². The molecule has 0 radical (unpaired) electrons. The number of rotatable bonds is 17. The number of aliphatic hydroxyl groups excluding tert-OH is 5. The van der Waals surface area contributed by atoms with Crippen molar-refractivity contribution >= 4 is 23.9 Å². The first-order valence-corrected chi connectivity index (χ1v) is 14.5. The van der Waals surface area contributed by atoms with Crippen LogP contribution in [0, 0.1) is 17.3 Å². The van der Waals surface area contributed by atoms with Gasteiger partial charge in [-0.3, -0.25) is 9.59 Å². The van der Waals surface area contributed by atoms with Gasteiger partial charge in [-0.2, -0.15) is 0 Å². The molecule has 0 amide bonds. The molecule has 0 spiro atoms. The van der Waals surface area contributed by atoms with Crippen LogP contribution in [0.4, 0.5) is 0 Å². The van der Waals surface area contributed by atoms with Crippen LogP contribution in [0.2, 0.25) is 0 Å². The Labute approximate surface area is 270 Å². The SMILES string of the molecule is C=CCOCC(CC)(CO)COCC=C.CC(O)CO.O=C(O)/C=C/C(=O)O.O=C1OC(=O)C2CC=CCC12.OCCOCCO. The Morgan fingerprint density at radius 3 is 1.54 bits per heavy atom. The summed E-state index contributed by atoms with van der Waals surface area (Å²) in [4.78, 5) is 41.0. The zero-order chi connectivity index (χ0) is 35.8. The molecule has 2 aliphatic rings. The quantitative estimate of drug-likeness (QED) is 0.0368. The fraction of sp³-hybridized carbons (Fsp3) is 0.613. The van der Waals surface area contributed by atoms with Crippen molar-refractivity contribution in [3.8, 4) is 0 Å². The van der Waals surface area contributed by atoms with Crippen molar-refractivity contribution in [3.63, 3.8) is 0 Å². The van der Waals surface area contributed by atoms with Gasteiger partial charge in [0.05, 0.1) is 84.0 Å². The van der Waals surface area contributed by atoms with Crippen LogP contribution >= 0.6 is 0 Å². The highest BCUT2D eigenvalue weighted by molar-refractivity contribution is 5.96. The van der Waals surface area contributed by atoms with Crippen LogP contribution in [0.3, 0.4) is 0 Å². The molecule has 0 aromatic heterocycles. The van der Waals surface area contributed by atoms with Gasteiger partial charge in [0.15, 0.2) is 0 Å². The van der Waals surface area contributed by atoms with Crippen LogP contribution < -0.4 is 0 Å². The Morgan fingerprint density at radius 1 is 0.891 bits per heavy atom. The smallest absolute Gasteiger partial charge is 0.328 e. The largest absolute Gasteiger partial charge is 0.478 e. The molecule has 266 valence electrons. The lowest BCUT2D eigenvalue weighted by atomic mass is 9.85. The Balaban J connectivity index is -0.000000529. The van der Waals surface area contributed by atoms with Gasteiger partial charge in [-0.25, -0.2) is 9.59 Å². The van der Waals surface area contributed by atoms with Crippen molar-refractivity contribution < 1.29 is 73.9 Å². The lowest BCUT2D eigenvalue weighted by Gasteiger charge is -2.29.